The van der Waals surface area contributed by atoms with Gasteiger partial charge in [-0.25, -0.2) is 9.97 Å². The topological polar surface area (TPSA) is 110 Å². The first-order valence-electron chi connectivity index (χ1n) is 5.83. The minimum Gasteiger partial charge on any atom is -0.396 e. The van der Waals surface area contributed by atoms with Gasteiger partial charge in [0.25, 0.3) is 0 Å². The Morgan fingerprint density at radius 3 is 2.94 bits per heavy atom. The van der Waals surface area contributed by atoms with Gasteiger partial charge in [-0.1, -0.05) is 0 Å². The van der Waals surface area contributed by atoms with E-state index in [1.165, 1.54) is 0 Å². The summed E-state index contributed by atoms with van der Waals surface area (Å²) < 4.78 is 1.86. The van der Waals surface area contributed by atoms with E-state index in [-0.39, 0.29) is 30.5 Å². The van der Waals surface area contributed by atoms with E-state index in [2.05, 4.69) is 15.0 Å². The molecule has 0 aliphatic heterocycles. The summed E-state index contributed by atoms with van der Waals surface area (Å²) in [5.74, 6) is 0.357. The number of anilines is 1. The molecule has 0 radical (unpaired) electrons. The highest BCUT2D eigenvalue weighted by molar-refractivity contribution is 5.70. The number of hydrogen-bond donors (Lipinski definition) is 3. The van der Waals surface area contributed by atoms with Gasteiger partial charge in [-0.15, -0.1) is 0 Å². The smallest absolute Gasteiger partial charge is 0.222 e. The molecule has 7 nitrogen and oxygen atoms in total. The number of aliphatic hydroxyl groups excluding tert-OH is 2. The van der Waals surface area contributed by atoms with Gasteiger partial charge in [-0.3, -0.25) is 0 Å². The third-order valence-electron chi connectivity index (χ3n) is 3.76. The summed E-state index contributed by atoms with van der Waals surface area (Å²) >= 11 is 0. The Labute approximate surface area is 103 Å². The summed E-state index contributed by atoms with van der Waals surface area (Å²) in [6, 6.07) is 0. The molecule has 2 aromatic heterocycles. The molecule has 0 unspecified atom stereocenters. The van der Waals surface area contributed by atoms with E-state index in [1.54, 1.807) is 12.5 Å². The van der Waals surface area contributed by atoms with E-state index in [1.807, 2.05) is 4.57 Å². The first-order valence-corrected chi connectivity index (χ1v) is 5.83. The van der Waals surface area contributed by atoms with Gasteiger partial charge < -0.3 is 20.5 Å². The van der Waals surface area contributed by atoms with Gasteiger partial charge in [0.05, 0.1) is 19.1 Å². The van der Waals surface area contributed by atoms with E-state index in [0.29, 0.717) is 17.7 Å². The van der Waals surface area contributed by atoms with Crippen LogP contribution in [0.5, 0.6) is 0 Å². The Bertz CT molecular complexity index is 584. The van der Waals surface area contributed by atoms with E-state index < -0.39 is 0 Å². The minimum atomic E-state index is -0.248. The van der Waals surface area contributed by atoms with Crippen molar-refractivity contribution in [3.8, 4) is 0 Å². The van der Waals surface area contributed by atoms with E-state index >= 15 is 0 Å². The van der Waals surface area contributed by atoms with Crippen molar-refractivity contribution in [3.63, 3.8) is 0 Å². The predicted molar refractivity (Wildman–Crippen MR) is 64.4 cm³/mol. The summed E-state index contributed by atoms with van der Waals surface area (Å²) in [6.45, 7) is 0.741. The molecular weight excluding hydrogens is 234 g/mol. The second-order valence-corrected chi connectivity index (χ2v) is 4.91. The average Bonchev–Trinajstić information content (AvgIpc) is 2.96. The molecule has 2 aromatic rings. The van der Waals surface area contributed by atoms with E-state index in [9.17, 15) is 10.2 Å². The molecule has 2 atom stereocenters. The van der Waals surface area contributed by atoms with Crippen LogP contribution in [0.2, 0.25) is 0 Å². The number of rotatable bonds is 4. The fourth-order valence-corrected chi connectivity index (χ4v) is 2.45. The molecule has 1 fully saturated rings. The number of nitrogens with zero attached hydrogens (tertiary/aromatic N) is 4. The van der Waals surface area contributed by atoms with Crippen molar-refractivity contribution in [2.75, 3.05) is 18.9 Å². The van der Waals surface area contributed by atoms with Gasteiger partial charge in [0, 0.05) is 18.6 Å². The first kappa shape index (κ1) is 11.4. The lowest BCUT2D eigenvalue weighted by molar-refractivity contribution is 0.159. The van der Waals surface area contributed by atoms with E-state index in [4.69, 9.17) is 5.73 Å². The fraction of sp³-hybridized carbons (Fsp3) is 0.545. The summed E-state index contributed by atoms with van der Waals surface area (Å²) in [6.07, 6.45) is 4.07. The quantitative estimate of drug-likeness (QED) is 0.667. The van der Waals surface area contributed by atoms with Crippen LogP contribution in [0.3, 0.4) is 0 Å². The fourth-order valence-electron chi connectivity index (χ4n) is 2.45. The minimum absolute atomic E-state index is 0.0540. The summed E-state index contributed by atoms with van der Waals surface area (Å²) in [4.78, 5) is 12.2. The maximum absolute atomic E-state index is 9.48. The monoisotopic (exact) mass is 249 g/mol. The van der Waals surface area contributed by atoms with Crippen molar-refractivity contribution in [1.82, 2.24) is 19.5 Å². The summed E-state index contributed by atoms with van der Waals surface area (Å²) in [5.41, 5.74) is 6.66. The third-order valence-corrected chi connectivity index (χ3v) is 3.76. The highest BCUT2D eigenvalue weighted by Gasteiger charge is 2.53. The molecule has 0 bridgehead atoms. The number of hydrogen-bond acceptors (Lipinski definition) is 6. The van der Waals surface area contributed by atoms with Gasteiger partial charge in [0.15, 0.2) is 5.65 Å². The Balaban J connectivity index is 1.93. The molecule has 1 aliphatic carbocycles. The normalized spacial score (nSPS) is 26.7. The molecule has 1 aliphatic rings. The number of aliphatic hydroxyl groups is 2. The molecule has 4 N–H and O–H groups in total. The van der Waals surface area contributed by atoms with Crippen molar-refractivity contribution in [2.45, 2.75) is 13.0 Å². The van der Waals surface area contributed by atoms with Crippen LogP contribution >= 0.6 is 0 Å². The zero-order valence-corrected chi connectivity index (χ0v) is 9.82. The Kier molecular flexibility index (Phi) is 2.46. The third kappa shape index (κ3) is 1.63. The molecule has 7 heteroatoms. The molecule has 3 rings (SSSR count). The van der Waals surface area contributed by atoms with Gasteiger partial charge in [-0.2, -0.15) is 4.98 Å². The van der Waals surface area contributed by atoms with Crippen LogP contribution in [0, 0.1) is 11.3 Å². The standard InChI is InChI=1S/C11H15N5O2/c12-10-13-2-8-9(15-10)16(6-14-8)4-11(5-18)1-7(11)3-17/h2,6-7,17-18H,1,3-5H2,(H2,12,13,15)/t7-,11+/m0/s1. The van der Waals surface area contributed by atoms with Gasteiger partial charge in [0.2, 0.25) is 5.95 Å². The van der Waals surface area contributed by atoms with Gasteiger partial charge in [-0.05, 0) is 12.3 Å². The first-order chi connectivity index (χ1) is 8.68. The van der Waals surface area contributed by atoms with Crippen LogP contribution in [-0.4, -0.2) is 42.9 Å². The molecule has 0 amide bonds. The summed E-state index contributed by atoms with van der Waals surface area (Å²) in [5, 5.41) is 18.7. The lowest BCUT2D eigenvalue weighted by Crippen LogP contribution is -2.19. The molecule has 1 saturated carbocycles. The van der Waals surface area contributed by atoms with E-state index in [0.717, 1.165) is 6.42 Å². The Hall–Kier alpha value is -1.73. The summed E-state index contributed by atoms with van der Waals surface area (Å²) in [7, 11) is 0. The average molecular weight is 249 g/mol. The zero-order valence-electron chi connectivity index (χ0n) is 9.82. The Morgan fingerprint density at radius 1 is 1.44 bits per heavy atom. The van der Waals surface area contributed by atoms with Crippen LogP contribution in [0.4, 0.5) is 5.95 Å². The lowest BCUT2D eigenvalue weighted by Gasteiger charge is -2.14. The maximum Gasteiger partial charge on any atom is 0.222 e. The molecule has 0 aromatic carbocycles. The molecule has 0 saturated heterocycles. The van der Waals surface area contributed by atoms with Crippen molar-refractivity contribution >= 4 is 17.1 Å². The van der Waals surface area contributed by atoms with Crippen LogP contribution in [0.1, 0.15) is 6.42 Å². The molecule has 96 valence electrons. The SMILES string of the molecule is Nc1ncc2ncn(C[C@@]3(CO)C[C@H]3CO)c2n1. The number of fused-ring (bicyclic) bond motifs is 1. The molecule has 0 spiro atoms. The predicted octanol–water partition coefficient (Wildman–Crippen LogP) is -0.601. The van der Waals surface area contributed by atoms with Gasteiger partial charge >= 0.3 is 0 Å². The Morgan fingerprint density at radius 2 is 2.28 bits per heavy atom. The maximum atomic E-state index is 9.48. The highest BCUT2D eigenvalue weighted by atomic mass is 16.3. The zero-order chi connectivity index (χ0) is 12.8. The highest BCUT2D eigenvalue weighted by Crippen LogP contribution is 2.53. The second-order valence-electron chi connectivity index (χ2n) is 4.91. The van der Waals surface area contributed by atoms with Crippen LogP contribution in [0.15, 0.2) is 12.5 Å². The van der Waals surface area contributed by atoms with Crippen molar-refractivity contribution < 1.29 is 10.2 Å². The van der Waals surface area contributed by atoms with Crippen LogP contribution in [-0.2, 0) is 6.54 Å². The molecular formula is C11H15N5O2. The lowest BCUT2D eigenvalue weighted by atomic mass is 10.1. The van der Waals surface area contributed by atoms with Gasteiger partial charge in [0.1, 0.15) is 5.52 Å². The number of nitrogen functional groups attached to an aromatic ring is 1. The molecule has 2 heterocycles. The molecule has 18 heavy (non-hydrogen) atoms. The number of aromatic nitrogens is 4. The van der Waals surface area contributed by atoms with Crippen molar-refractivity contribution in [2.24, 2.45) is 11.3 Å². The number of imidazole rings is 1. The van der Waals surface area contributed by atoms with Crippen LogP contribution in [0.25, 0.3) is 11.2 Å². The largest absolute Gasteiger partial charge is 0.396 e. The second kappa shape index (κ2) is 3.89. The van der Waals surface area contributed by atoms with Crippen molar-refractivity contribution in [3.05, 3.63) is 12.5 Å². The van der Waals surface area contributed by atoms with Crippen LogP contribution < -0.4 is 5.73 Å². The van der Waals surface area contributed by atoms with Crippen molar-refractivity contribution in [1.29, 1.82) is 0 Å². The number of nitrogens with two attached hydrogens (primary N) is 1.